The number of hydrogen-bond acceptors (Lipinski definition) is 5. The van der Waals surface area contributed by atoms with Gasteiger partial charge in [-0.25, -0.2) is 4.79 Å². The van der Waals surface area contributed by atoms with Crippen LogP contribution in [0.25, 0.3) is 0 Å². The molecule has 0 aliphatic carbocycles. The molecule has 1 unspecified atom stereocenters. The van der Waals surface area contributed by atoms with Crippen LogP contribution in [0.5, 0.6) is 0 Å². The zero-order valence-electron chi connectivity index (χ0n) is 22.7. The van der Waals surface area contributed by atoms with Crippen molar-refractivity contribution < 1.29 is 23.9 Å². The first-order chi connectivity index (χ1) is 17.5. The van der Waals surface area contributed by atoms with Crippen molar-refractivity contribution in [2.45, 2.75) is 65.4 Å². The first-order valence-corrected chi connectivity index (χ1v) is 13.9. The molecule has 2 rings (SSSR count). The Bertz CT molecular complexity index is 1020. The summed E-state index contributed by atoms with van der Waals surface area (Å²) in [6, 6.07) is 17.3. The van der Waals surface area contributed by atoms with Crippen molar-refractivity contribution >= 4 is 33.8 Å². The van der Waals surface area contributed by atoms with Gasteiger partial charge in [-0.15, -0.1) is 0 Å². The zero-order valence-corrected chi connectivity index (χ0v) is 24.3. The van der Waals surface area contributed by atoms with Crippen LogP contribution in [0.3, 0.4) is 0 Å². The molecule has 6 nitrogen and oxygen atoms in total. The summed E-state index contributed by atoms with van der Waals surface area (Å²) in [6.45, 7) is 9.17. The summed E-state index contributed by atoms with van der Waals surface area (Å²) in [7, 11) is 1.76. The van der Waals surface area contributed by atoms with Crippen molar-refractivity contribution in [2.75, 3.05) is 25.5 Å². The molecule has 0 spiro atoms. The highest BCUT2D eigenvalue weighted by atomic mass is 79.9. The van der Waals surface area contributed by atoms with Crippen LogP contribution in [-0.4, -0.2) is 48.3 Å². The Balaban J connectivity index is 1.95. The maximum absolute atomic E-state index is 13.0. The molecule has 0 saturated heterocycles. The van der Waals surface area contributed by atoms with Crippen LogP contribution in [-0.2, 0) is 37.5 Å². The van der Waals surface area contributed by atoms with E-state index < -0.39 is 5.41 Å². The van der Waals surface area contributed by atoms with Gasteiger partial charge in [-0.2, -0.15) is 0 Å². The second-order valence-electron chi connectivity index (χ2n) is 10.5. The van der Waals surface area contributed by atoms with Crippen molar-refractivity contribution in [3.63, 3.8) is 0 Å². The monoisotopic (exact) mass is 573 g/mol. The maximum Gasteiger partial charge on any atom is 0.409 e. The van der Waals surface area contributed by atoms with Crippen LogP contribution in [0.2, 0.25) is 0 Å². The minimum Gasteiger partial charge on any atom is -0.466 e. The number of hydrogen-bond donors (Lipinski definition) is 0. The molecule has 0 aromatic heterocycles. The summed E-state index contributed by atoms with van der Waals surface area (Å²) in [5.41, 5.74) is 1.95. The minimum absolute atomic E-state index is 0.116. The number of nitrogens with zero attached hydrogens (tertiary/aromatic N) is 1. The van der Waals surface area contributed by atoms with Crippen molar-refractivity contribution in [3.8, 4) is 0 Å². The SMILES string of the molecule is CCOC(=O)Cc1ccc(C(C)(CCCC(C)(C)CN(C)C(=O)OCc2ccccc2)C(=O)CBr)cc1. The van der Waals surface area contributed by atoms with Crippen molar-refractivity contribution in [3.05, 3.63) is 71.3 Å². The number of carbonyl (C=O) groups excluding carboxylic acids is 3. The molecular weight excluding hydrogens is 534 g/mol. The first kappa shape index (κ1) is 30.6. The van der Waals surface area contributed by atoms with E-state index in [1.165, 1.54) is 0 Å². The third-order valence-electron chi connectivity index (χ3n) is 6.69. The molecule has 0 radical (unpaired) electrons. The van der Waals surface area contributed by atoms with Crippen LogP contribution >= 0.6 is 15.9 Å². The van der Waals surface area contributed by atoms with E-state index in [1.54, 1.807) is 18.9 Å². The molecule has 1 atom stereocenters. The van der Waals surface area contributed by atoms with Gasteiger partial charge in [-0.3, -0.25) is 9.59 Å². The molecular formula is C30H40BrNO5. The highest BCUT2D eigenvalue weighted by molar-refractivity contribution is 9.09. The van der Waals surface area contributed by atoms with Crippen molar-refractivity contribution in [2.24, 2.45) is 5.41 Å². The van der Waals surface area contributed by atoms with Crippen LogP contribution in [0.1, 0.15) is 63.6 Å². The number of amides is 1. The van der Waals surface area contributed by atoms with Crippen LogP contribution in [0.4, 0.5) is 4.79 Å². The lowest BCUT2D eigenvalue weighted by Crippen LogP contribution is -2.37. The van der Waals surface area contributed by atoms with Gasteiger partial charge in [-0.05, 0) is 48.8 Å². The van der Waals surface area contributed by atoms with Gasteiger partial charge < -0.3 is 14.4 Å². The fraction of sp³-hybridized carbons (Fsp3) is 0.500. The first-order valence-electron chi connectivity index (χ1n) is 12.8. The number of ether oxygens (including phenoxy) is 2. The number of carbonyl (C=O) groups is 3. The highest BCUT2D eigenvalue weighted by Crippen LogP contribution is 2.34. The molecule has 7 heteroatoms. The Kier molecular flexibility index (Phi) is 11.8. The minimum atomic E-state index is -0.650. The quantitative estimate of drug-likeness (QED) is 0.191. The number of Topliss-reactive ketones (excluding diaryl/α,β-unsaturated/α-hetero) is 1. The van der Waals surface area contributed by atoms with Gasteiger partial charge in [0.2, 0.25) is 0 Å². The lowest BCUT2D eigenvalue weighted by molar-refractivity contribution is -0.142. The standard InChI is InChI=1S/C30H40BrNO5/c1-6-36-27(34)19-23-13-15-25(16-14-23)30(4,26(33)20-31)18-10-17-29(2,3)22-32(5)28(35)37-21-24-11-8-7-9-12-24/h7-9,11-16H,6,10,17-22H2,1-5H3. The molecule has 0 fully saturated rings. The Morgan fingerprint density at radius 3 is 2.14 bits per heavy atom. The van der Waals surface area contributed by atoms with Gasteiger partial charge >= 0.3 is 12.1 Å². The van der Waals surface area contributed by atoms with E-state index in [0.717, 1.165) is 29.5 Å². The number of alkyl halides is 1. The topological polar surface area (TPSA) is 72.9 Å². The molecule has 37 heavy (non-hydrogen) atoms. The number of ketones is 1. The smallest absolute Gasteiger partial charge is 0.409 e. The molecule has 0 bridgehead atoms. The number of halogens is 1. The summed E-state index contributed by atoms with van der Waals surface area (Å²) >= 11 is 3.36. The summed E-state index contributed by atoms with van der Waals surface area (Å²) < 4.78 is 10.5. The van der Waals surface area contributed by atoms with Gasteiger partial charge in [0.1, 0.15) is 6.61 Å². The van der Waals surface area contributed by atoms with E-state index in [4.69, 9.17) is 9.47 Å². The second-order valence-corrected chi connectivity index (χ2v) is 11.0. The fourth-order valence-electron chi connectivity index (χ4n) is 4.50. The van der Waals surface area contributed by atoms with Gasteiger partial charge in [0.05, 0.1) is 23.8 Å². The average Bonchev–Trinajstić information content (AvgIpc) is 2.87. The lowest BCUT2D eigenvalue weighted by atomic mass is 9.73. The highest BCUT2D eigenvalue weighted by Gasteiger charge is 2.34. The third-order valence-corrected chi connectivity index (χ3v) is 7.20. The molecule has 0 N–H and O–H groups in total. The van der Waals surface area contributed by atoms with E-state index in [1.807, 2.05) is 61.5 Å². The predicted octanol–water partition coefficient (Wildman–Crippen LogP) is 6.48. The maximum atomic E-state index is 13.0. The Labute approximate surface area is 229 Å². The van der Waals surface area contributed by atoms with E-state index in [-0.39, 0.29) is 41.6 Å². The Morgan fingerprint density at radius 1 is 0.892 bits per heavy atom. The van der Waals surface area contributed by atoms with Gasteiger partial charge in [-0.1, -0.05) is 90.8 Å². The normalized spacial score (nSPS) is 12.9. The summed E-state index contributed by atoms with van der Waals surface area (Å²) in [5, 5.41) is 0.271. The van der Waals surface area contributed by atoms with E-state index in [2.05, 4.69) is 29.8 Å². The molecule has 0 aliphatic heterocycles. The third kappa shape index (κ3) is 9.62. The van der Waals surface area contributed by atoms with E-state index >= 15 is 0 Å². The molecule has 202 valence electrons. The molecule has 1 amide bonds. The van der Waals surface area contributed by atoms with Gasteiger partial charge in [0, 0.05) is 13.6 Å². The largest absolute Gasteiger partial charge is 0.466 e. The average molecular weight is 575 g/mol. The van der Waals surface area contributed by atoms with E-state index in [9.17, 15) is 14.4 Å². The molecule has 0 heterocycles. The van der Waals surface area contributed by atoms with Crippen LogP contribution < -0.4 is 0 Å². The molecule has 2 aromatic rings. The van der Waals surface area contributed by atoms with Crippen molar-refractivity contribution in [1.29, 1.82) is 0 Å². The molecule has 2 aromatic carbocycles. The second kappa shape index (κ2) is 14.3. The molecule has 0 saturated carbocycles. The lowest BCUT2D eigenvalue weighted by Gasteiger charge is -2.33. The van der Waals surface area contributed by atoms with Gasteiger partial charge in [0.15, 0.2) is 5.78 Å². The number of rotatable bonds is 14. The predicted molar refractivity (Wildman–Crippen MR) is 150 cm³/mol. The van der Waals surface area contributed by atoms with Gasteiger partial charge in [0.25, 0.3) is 0 Å². The fourth-order valence-corrected chi connectivity index (χ4v) is 5.12. The molecule has 0 aliphatic rings. The summed E-state index contributed by atoms with van der Waals surface area (Å²) in [4.78, 5) is 38.9. The Hall–Kier alpha value is -2.67. The number of esters is 1. The summed E-state index contributed by atoms with van der Waals surface area (Å²) in [5.74, 6) is -0.143. The van der Waals surface area contributed by atoms with Crippen LogP contribution in [0, 0.1) is 5.41 Å². The van der Waals surface area contributed by atoms with E-state index in [0.29, 0.717) is 19.6 Å². The Morgan fingerprint density at radius 2 is 1.54 bits per heavy atom. The number of benzene rings is 2. The summed E-state index contributed by atoms with van der Waals surface area (Å²) in [6.07, 6.45) is 2.21. The van der Waals surface area contributed by atoms with Crippen molar-refractivity contribution in [1.82, 2.24) is 4.90 Å². The zero-order chi connectivity index (χ0) is 27.5. The van der Waals surface area contributed by atoms with Crippen LogP contribution in [0.15, 0.2) is 54.6 Å².